The van der Waals surface area contributed by atoms with E-state index in [1.807, 2.05) is 12.2 Å². The molecule has 0 aromatic carbocycles. The van der Waals surface area contributed by atoms with E-state index < -0.39 is 0 Å². The second kappa shape index (κ2) is 3.75. The molecule has 0 saturated heterocycles. The Labute approximate surface area is 93.5 Å². The number of H-pyrrole nitrogens is 1. The van der Waals surface area contributed by atoms with Gasteiger partial charge in [-0.05, 0) is 0 Å². The van der Waals surface area contributed by atoms with Gasteiger partial charge in [0.15, 0.2) is 5.69 Å². The molecule has 16 heavy (non-hydrogen) atoms. The highest BCUT2D eigenvalue weighted by molar-refractivity contribution is 5.94. The van der Waals surface area contributed by atoms with Crippen molar-refractivity contribution in [2.24, 2.45) is 0 Å². The fourth-order valence-electron chi connectivity index (χ4n) is 2.20. The smallest absolute Gasteiger partial charge is 0.275 e. The van der Waals surface area contributed by atoms with Crippen molar-refractivity contribution in [3.63, 3.8) is 0 Å². The van der Waals surface area contributed by atoms with Crippen molar-refractivity contribution >= 4 is 5.91 Å². The summed E-state index contributed by atoms with van der Waals surface area (Å²) >= 11 is 0. The van der Waals surface area contributed by atoms with Crippen LogP contribution in [0.2, 0.25) is 0 Å². The van der Waals surface area contributed by atoms with E-state index >= 15 is 0 Å². The summed E-state index contributed by atoms with van der Waals surface area (Å²) in [4.78, 5) is 14.0. The third kappa shape index (κ3) is 1.44. The first-order chi connectivity index (χ1) is 7.86. The average Bonchev–Trinajstić information content (AvgIpc) is 2.98. The molecule has 0 fully saturated rings. The summed E-state index contributed by atoms with van der Waals surface area (Å²) in [6.45, 7) is 3.10. The molecule has 0 radical (unpaired) electrons. The summed E-state index contributed by atoms with van der Waals surface area (Å²) < 4.78 is 0. The number of fused-ring (bicyclic) bond motifs is 1. The lowest BCUT2D eigenvalue weighted by Crippen LogP contribution is -2.31. The van der Waals surface area contributed by atoms with Gasteiger partial charge in [-0.15, -0.1) is 0 Å². The number of rotatable bonds is 1. The van der Waals surface area contributed by atoms with E-state index in [1.165, 1.54) is 0 Å². The minimum atomic E-state index is 0.0335. The molecule has 0 unspecified atom stereocenters. The molecule has 1 amide bonds. The molecule has 5 nitrogen and oxygen atoms in total. The Bertz CT molecular complexity index is 441. The molecule has 1 aromatic rings. The van der Waals surface area contributed by atoms with E-state index in [9.17, 15) is 4.79 Å². The van der Waals surface area contributed by atoms with Gasteiger partial charge in [-0.1, -0.05) is 12.2 Å². The highest BCUT2D eigenvalue weighted by Crippen LogP contribution is 2.17. The van der Waals surface area contributed by atoms with Crippen LogP contribution in [0, 0.1) is 0 Å². The Morgan fingerprint density at radius 3 is 3.00 bits per heavy atom. The molecule has 3 rings (SSSR count). The first-order valence-electron chi connectivity index (χ1n) is 5.57. The lowest BCUT2D eigenvalue weighted by molar-refractivity contribution is 0.0793. The summed E-state index contributed by atoms with van der Waals surface area (Å²) in [5, 5.41) is 10.4. The molecular formula is C11H14N4O. The number of carbonyl (C=O) groups excluding carboxylic acids is 1. The van der Waals surface area contributed by atoms with Gasteiger partial charge in [0.05, 0.1) is 0 Å². The van der Waals surface area contributed by atoms with Crippen molar-refractivity contribution < 1.29 is 4.79 Å². The summed E-state index contributed by atoms with van der Waals surface area (Å²) in [5.41, 5.74) is 2.74. The monoisotopic (exact) mass is 218 g/mol. The maximum atomic E-state index is 12.2. The van der Waals surface area contributed by atoms with E-state index in [-0.39, 0.29) is 5.91 Å². The summed E-state index contributed by atoms with van der Waals surface area (Å²) in [6, 6.07) is 0. The SMILES string of the molecule is O=C(c1n[nH]c2c1CNCC2)N1CC=CC1. The van der Waals surface area contributed by atoms with Crippen molar-refractivity contribution in [2.45, 2.75) is 13.0 Å². The van der Waals surface area contributed by atoms with Crippen LogP contribution >= 0.6 is 0 Å². The molecular weight excluding hydrogens is 204 g/mol. The standard InChI is InChI=1S/C11H14N4O/c16-11(15-5-1-2-6-15)10-8-7-12-4-3-9(8)13-14-10/h1-2,12H,3-7H2,(H,13,14). The second-order valence-corrected chi connectivity index (χ2v) is 4.14. The van der Waals surface area contributed by atoms with Gasteiger partial charge in [0.2, 0.25) is 0 Å². The van der Waals surface area contributed by atoms with Gasteiger partial charge in [-0.3, -0.25) is 9.89 Å². The first kappa shape index (κ1) is 9.59. The Balaban J connectivity index is 1.88. The summed E-state index contributed by atoms with van der Waals surface area (Å²) in [6.07, 6.45) is 4.94. The van der Waals surface area contributed by atoms with E-state index in [0.29, 0.717) is 18.8 Å². The van der Waals surface area contributed by atoms with Crippen LogP contribution in [0.5, 0.6) is 0 Å². The van der Waals surface area contributed by atoms with E-state index in [1.54, 1.807) is 4.90 Å². The van der Waals surface area contributed by atoms with Crippen LogP contribution in [0.3, 0.4) is 0 Å². The summed E-state index contributed by atoms with van der Waals surface area (Å²) in [7, 11) is 0. The molecule has 5 heteroatoms. The van der Waals surface area contributed by atoms with Crippen LogP contribution in [0.4, 0.5) is 0 Å². The number of aromatic amines is 1. The van der Waals surface area contributed by atoms with Crippen LogP contribution in [-0.4, -0.2) is 40.6 Å². The Morgan fingerprint density at radius 2 is 2.19 bits per heavy atom. The van der Waals surface area contributed by atoms with Gasteiger partial charge in [0.25, 0.3) is 5.91 Å². The quantitative estimate of drug-likeness (QED) is 0.656. The van der Waals surface area contributed by atoms with E-state index in [0.717, 1.165) is 30.8 Å². The predicted molar refractivity (Wildman–Crippen MR) is 59.0 cm³/mol. The zero-order valence-corrected chi connectivity index (χ0v) is 8.99. The van der Waals surface area contributed by atoms with Crippen molar-refractivity contribution in [3.8, 4) is 0 Å². The number of amides is 1. The number of nitrogens with one attached hydrogen (secondary N) is 2. The van der Waals surface area contributed by atoms with Crippen LogP contribution in [-0.2, 0) is 13.0 Å². The van der Waals surface area contributed by atoms with Crippen molar-refractivity contribution in [1.82, 2.24) is 20.4 Å². The highest BCUT2D eigenvalue weighted by Gasteiger charge is 2.25. The number of carbonyl (C=O) groups is 1. The molecule has 0 atom stereocenters. The molecule has 3 heterocycles. The minimum Gasteiger partial charge on any atom is -0.330 e. The lowest BCUT2D eigenvalue weighted by Gasteiger charge is -2.16. The van der Waals surface area contributed by atoms with Crippen molar-refractivity contribution in [3.05, 3.63) is 29.1 Å². The first-order valence-corrected chi connectivity index (χ1v) is 5.57. The van der Waals surface area contributed by atoms with E-state index in [4.69, 9.17) is 0 Å². The number of nitrogens with zero attached hydrogens (tertiary/aromatic N) is 2. The molecule has 0 saturated carbocycles. The molecule has 2 N–H and O–H groups in total. The van der Waals surface area contributed by atoms with Gasteiger partial charge >= 0.3 is 0 Å². The molecule has 2 aliphatic heterocycles. The molecule has 1 aromatic heterocycles. The Hall–Kier alpha value is -1.62. The fraction of sp³-hybridized carbons (Fsp3) is 0.455. The molecule has 84 valence electrons. The Morgan fingerprint density at radius 1 is 1.38 bits per heavy atom. The third-order valence-corrected chi connectivity index (χ3v) is 3.11. The maximum Gasteiger partial charge on any atom is 0.275 e. The zero-order valence-electron chi connectivity index (χ0n) is 8.99. The maximum absolute atomic E-state index is 12.2. The lowest BCUT2D eigenvalue weighted by atomic mass is 10.1. The highest BCUT2D eigenvalue weighted by atomic mass is 16.2. The number of aromatic nitrogens is 2. The van der Waals surface area contributed by atoms with Gasteiger partial charge in [-0.25, -0.2) is 0 Å². The van der Waals surface area contributed by atoms with Crippen LogP contribution in [0.25, 0.3) is 0 Å². The van der Waals surface area contributed by atoms with Crippen LogP contribution in [0.15, 0.2) is 12.2 Å². The van der Waals surface area contributed by atoms with Gasteiger partial charge < -0.3 is 10.2 Å². The van der Waals surface area contributed by atoms with Crippen molar-refractivity contribution in [1.29, 1.82) is 0 Å². The molecule has 0 spiro atoms. The fourth-order valence-corrected chi connectivity index (χ4v) is 2.20. The van der Waals surface area contributed by atoms with Gasteiger partial charge in [0, 0.05) is 43.9 Å². The topological polar surface area (TPSA) is 61.0 Å². The number of hydrogen-bond donors (Lipinski definition) is 2. The number of hydrogen-bond acceptors (Lipinski definition) is 3. The van der Waals surface area contributed by atoms with Gasteiger partial charge in [0.1, 0.15) is 0 Å². The van der Waals surface area contributed by atoms with Gasteiger partial charge in [-0.2, -0.15) is 5.10 Å². The third-order valence-electron chi connectivity index (χ3n) is 3.11. The zero-order chi connectivity index (χ0) is 11.0. The second-order valence-electron chi connectivity index (χ2n) is 4.14. The van der Waals surface area contributed by atoms with Crippen LogP contribution in [0.1, 0.15) is 21.7 Å². The Kier molecular flexibility index (Phi) is 2.25. The molecule has 0 bridgehead atoms. The molecule has 0 aliphatic carbocycles. The van der Waals surface area contributed by atoms with Crippen LogP contribution < -0.4 is 5.32 Å². The van der Waals surface area contributed by atoms with Crippen molar-refractivity contribution in [2.75, 3.05) is 19.6 Å². The minimum absolute atomic E-state index is 0.0335. The predicted octanol–water partition coefficient (Wildman–Crippen LogP) is 0.0674. The summed E-state index contributed by atoms with van der Waals surface area (Å²) in [5.74, 6) is 0.0335. The molecule has 2 aliphatic rings. The largest absolute Gasteiger partial charge is 0.330 e. The normalized spacial score (nSPS) is 18.9. The van der Waals surface area contributed by atoms with E-state index in [2.05, 4.69) is 15.5 Å². The average molecular weight is 218 g/mol.